The maximum absolute atomic E-state index is 6.47. The summed E-state index contributed by atoms with van der Waals surface area (Å²) in [6, 6.07) is 31.2. The lowest BCUT2D eigenvalue weighted by Crippen LogP contribution is -2.40. The molecular weight excluding hydrogens is 512 g/mol. The number of pyridine rings is 1. The summed E-state index contributed by atoms with van der Waals surface area (Å²) in [5, 5.41) is 3.51. The van der Waals surface area contributed by atoms with Crippen molar-refractivity contribution in [2.75, 3.05) is 26.3 Å². The van der Waals surface area contributed by atoms with Gasteiger partial charge in [0.15, 0.2) is 0 Å². The van der Waals surface area contributed by atoms with Crippen LogP contribution < -0.4 is 10.1 Å². The molecular formula is C35H40N2O4. The molecule has 0 radical (unpaired) electrons. The van der Waals surface area contributed by atoms with Gasteiger partial charge in [-0.1, -0.05) is 66.7 Å². The van der Waals surface area contributed by atoms with Crippen LogP contribution >= 0.6 is 0 Å². The molecule has 0 amide bonds. The highest BCUT2D eigenvalue weighted by Gasteiger charge is 2.27. The van der Waals surface area contributed by atoms with Gasteiger partial charge in [-0.3, -0.25) is 4.98 Å². The summed E-state index contributed by atoms with van der Waals surface area (Å²) >= 11 is 0. The Labute approximate surface area is 243 Å². The number of rotatable bonds is 15. The van der Waals surface area contributed by atoms with Crippen LogP contribution in [-0.4, -0.2) is 37.4 Å². The smallest absolute Gasteiger partial charge is 0.119 e. The van der Waals surface area contributed by atoms with Crippen molar-refractivity contribution in [3.05, 3.63) is 131 Å². The fraction of sp³-hybridized carbons (Fsp3) is 0.343. The molecule has 0 aliphatic carbocycles. The minimum atomic E-state index is 0.115. The van der Waals surface area contributed by atoms with Crippen LogP contribution in [-0.2, 0) is 40.6 Å². The number of nitrogens with one attached hydrogen (secondary N) is 1. The predicted octanol–water partition coefficient (Wildman–Crippen LogP) is 6.45. The maximum Gasteiger partial charge on any atom is 0.119 e. The molecule has 2 atom stereocenters. The molecule has 1 aromatic heterocycles. The zero-order valence-electron chi connectivity index (χ0n) is 23.6. The molecule has 6 nitrogen and oxygen atoms in total. The van der Waals surface area contributed by atoms with Crippen molar-refractivity contribution in [1.29, 1.82) is 0 Å². The molecule has 1 aliphatic rings. The van der Waals surface area contributed by atoms with E-state index < -0.39 is 0 Å². The molecule has 2 unspecified atom stereocenters. The Bertz CT molecular complexity index is 1280. The molecule has 1 N–H and O–H groups in total. The zero-order valence-corrected chi connectivity index (χ0v) is 23.6. The van der Waals surface area contributed by atoms with Gasteiger partial charge in [0.05, 0.1) is 45.7 Å². The normalized spacial score (nSPS) is 16.9. The van der Waals surface area contributed by atoms with Crippen molar-refractivity contribution in [2.45, 2.75) is 51.3 Å². The highest BCUT2D eigenvalue weighted by atomic mass is 16.5. The number of nitrogens with zero attached hydrogens (tertiary/aromatic N) is 1. The van der Waals surface area contributed by atoms with Gasteiger partial charge in [0.25, 0.3) is 0 Å². The van der Waals surface area contributed by atoms with E-state index in [1.807, 2.05) is 30.3 Å². The minimum absolute atomic E-state index is 0.115. The van der Waals surface area contributed by atoms with Gasteiger partial charge in [-0.25, -0.2) is 0 Å². The lowest BCUT2D eigenvalue weighted by molar-refractivity contribution is 0.0105. The van der Waals surface area contributed by atoms with Crippen molar-refractivity contribution in [3.63, 3.8) is 0 Å². The predicted molar refractivity (Wildman–Crippen MR) is 161 cm³/mol. The average Bonchev–Trinajstić information content (AvgIpc) is 3.03. The Balaban J connectivity index is 1.05. The third-order valence-electron chi connectivity index (χ3n) is 7.29. The first-order valence-corrected chi connectivity index (χ1v) is 14.5. The highest BCUT2D eigenvalue weighted by molar-refractivity contribution is 5.31. The molecule has 2 heterocycles. The summed E-state index contributed by atoms with van der Waals surface area (Å²) in [6.45, 7) is 5.53. The summed E-state index contributed by atoms with van der Waals surface area (Å²) in [6.07, 6.45) is 5.60. The molecule has 5 rings (SSSR count). The molecule has 0 saturated carbocycles. The molecule has 1 saturated heterocycles. The van der Waals surface area contributed by atoms with Crippen molar-refractivity contribution in [1.82, 2.24) is 10.3 Å². The van der Waals surface area contributed by atoms with Crippen LogP contribution in [0.5, 0.6) is 5.75 Å². The van der Waals surface area contributed by atoms with Crippen LogP contribution in [0.3, 0.4) is 0 Å². The van der Waals surface area contributed by atoms with Gasteiger partial charge < -0.3 is 24.3 Å². The number of aromatic nitrogens is 1. The van der Waals surface area contributed by atoms with E-state index in [1.165, 1.54) is 11.1 Å². The lowest BCUT2D eigenvalue weighted by atomic mass is 9.87. The molecule has 214 valence electrons. The van der Waals surface area contributed by atoms with E-state index in [0.29, 0.717) is 45.6 Å². The fourth-order valence-corrected chi connectivity index (χ4v) is 5.09. The van der Waals surface area contributed by atoms with Crippen LogP contribution in [0.1, 0.15) is 46.6 Å². The molecule has 1 aliphatic heterocycles. The van der Waals surface area contributed by atoms with Crippen molar-refractivity contribution in [3.8, 4) is 5.75 Å². The molecule has 41 heavy (non-hydrogen) atoms. The quantitative estimate of drug-likeness (QED) is 0.171. The Morgan fingerprint density at radius 1 is 0.683 bits per heavy atom. The summed E-state index contributed by atoms with van der Waals surface area (Å²) in [5.41, 5.74) is 5.93. The Hall–Kier alpha value is -3.55. The van der Waals surface area contributed by atoms with Gasteiger partial charge in [-0.05, 0) is 65.0 Å². The fourth-order valence-electron chi connectivity index (χ4n) is 5.09. The summed E-state index contributed by atoms with van der Waals surface area (Å²) in [4.78, 5) is 4.05. The van der Waals surface area contributed by atoms with Gasteiger partial charge in [0, 0.05) is 31.3 Å². The highest BCUT2D eigenvalue weighted by Crippen LogP contribution is 2.30. The van der Waals surface area contributed by atoms with Crippen molar-refractivity contribution in [2.24, 2.45) is 0 Å². The second-order valence-electron chi connectivity index (χ2n) is 10.4. The molecule has 0 spiro atoms. The van der Waals surface area contributed by atoms with E-state index in [9.17, 15) is 0 Å². The van der Waals surface area contributed by atoms with E-state index in [2.05, 4.69) is 71.0 Å². The van der Waals surface area contributed by atoms with Gasteiger partial charge >= 0.3 is 0 Å². The molecule has 6 heteroatoms. The number of ether oxygens (including phenoxy) is 4. The van der Waals surface area contributed by atoms with E-state index in [1.54, 1.807) is 12.4 Å². The van der Waals surface area contributed by atoms with Crippen LogP contribution in [0.15, 0.2) is 103 Å². The molecule has 0 bridgehead atoms. The zero-order chi connectivity index (χ0) is 28.0. The monoisotopic (exact) mass is 552 g/mol. The number of hydrogen-bond acceptors (Lipinski definition) is 6. The molecule has 1 fully saturated rings. The van der Waals surface area contributed by atoms with Crippen LogP contribution in [0.25, 0.3) is 0 Å². The minimum Gasteiger partial charge on any atom is -0.494 e. The third-order valence-corrected chi connectivity index (χ3v) is 7.29. The molecule has 3 aromatic carbocycles. The Morgan fingerprint density at radius 2 is 1.39 bits per heavy atom. The van der Waals surface area contributed by atoms with Crippen molar-refractivity contribution >= 4 is 0 Å². The Morgan fingerprint density at radius 3 is 2.22 bits per heavy atom. The van der Waals surface area contributed by atoms with Gasteiger partial charge in [0.2, 0.25) is 0 Å². The summed E-state index contributed by atoms with van der Waals surface area (Å²) in [7, 11) is 0. The first-order valence-electron chi connectivity index (χ1n) is 14.5. The summed E-state index contributed by atoms with van der Waals surface area (Å²) in [5.74, 6) is 1.25. The molecule has 4 aromatic rings. The largest absolute Gasteiger partial charge is 0.494 e. The number of piperidine rings is 1. The SMILES string of the molecule is c1ccc(COCCCOc2ccc(C3CCNCC3OCc3cccc(COCc4ccncc4)c3)cc2)cc1. The van der Waals surface area contributed by atoms with E-state index in [-0.39, 0.29) is 6.10 Å². The second-order valence-corrected chi connectivity index (χ2v) is 10.4. The Kier molecular flexibility index (Phi) is 11.3. The van der Waals surface area contributed by atoms with Crippen LogP contribution in [0.2, 0.25) is 0 Å². The standard InChI is InChI=1S/C35H40N2O4/c1-2-6-28(7-3-1)24-38-20-5-21-40-33-12-10-32(11-13-33)34-16-19-37-23-35(34)41-27-31-9-4-8-30(22-31)26-39-25-29-14-17-36-18-15-29/h1-4,6-15,17-18,22,34-35,37H,5,16,19-21,23-27H2. The average molecular weight is 553 g/mol. The number of benzene rings is 3. The maximum atomic E-state index is 6.47. The first kappa shape index (κ1) is 29.0. The van der Waals surface area contributed by atoms with E-state index >= 15 is 0 Å². The van der Waals surface area contributed by atoms with E-state index in [0.717, 1.165) is 48.4 Å². The second kappa shape index (κ2) is 16.0. The van der Waals surface area contributed by atoms with Crippen LogP contribution in [0.4, 0.5) is 0 Å². The summed E-state index contributed by atoms with van der Waals surface area (Å²) < 4.78 is 24.1. The lowest BCUT2D eigenvalue weighted by Gasteiger charge is -2.32. The topological polar surface area (TPSA) is 61.8 Å². The van der Waals surface area contributed by atoms with Crippen LogP contribution in [0, 0.1) is 0 Å². The van der Waals surface area contributed by atoms with Gasteiger partial charge in [-0.15, -0.1) is 0 Å². The van der Waals surface area contributed by atoms with Crippen molar-refractivity contribution < 1.29 is 18.9 Å². The number of hydrogen-bond donors (Lipinski definition) is 1. The third kappa shape index (κ3) is 9.51. The van der Waals surface area contributed by atoms with Gasteiger partial charge in [0.1, 0.15) is 5.75 Å². The van der Waals surface area contributed by atoms with E-state index in [4.69, 9.17) is 18.9 Å². The first-order chi connectivity index (χ1) is 20.3. The van der Waals surface area contributed by atoms with Gasteiger partial charge in [-0.2, -0.15) is 0 Å².